The van der Waals surface area contributed by atoms with Crippen LogP contribution in [0.4, 0.5) is 10.1 Å². The van der Waals surface area contributed by atoms with E-state index in [1.54, 1.807) is 10.6 Å². The Morgan fingerprint density at radius 3 is 2.70 bits per heavy atom. The summed E-state index contributed by atoms with van der Waals surface area (Å²) in [6, 6.07) is 5.03. The van der Waals surface area contributed by atoms with Gasteiger partial charge in [-0.05, 0) is 43.4 Å². The lowest BCUT2D eigenvalue weighted by molar-refractivity contribution is 0.0694. The molecule has 0 radical (unpaired) electrons. The van der Waals surface area contributed by atoms with E-state index in [1.165, 1.54) is 6.20 Å². The number of carboxylic acids is 1. The largest absolute Gasteiger partial charge is 0.477 e. The van der Waals surface area contributed by atoms with Gasteiger partial charge in [-0.1, -0.05) is 0 Å². The van der Waals surface area contributed by atoms with Crippen molar-refractivity contribution in [2.75, 3.05) is 18.0 Å². The van der Waals surface area contributed by atoms with Gasteiger partial charge in [-0.15, -0.1) is 0 Å². The predicted octanol–water partition coefficient (Wildman–Crippen LogP) is 2.30. The van der Waals surface area contributed by atoms with Crippen molar-refractivity contribution in [3.63, 3.8) is 0 Å². The zero-order valence-electron chi connectivity index (χ0n) is 14.9. The Kier molecular flexibility index (Phi) is 3.44. The third kappa shape index (κ3) is 2.64. The van der Waals surface area contributed by atoms with Gasteiger partial charge in [-0.25, -0.2) is 9.18 Å². The zero-order valence-corrected chi connectivity index (χ0v) is 14.9. The first-order chi connectivity index (χ1) is 12.9. The molecule has 3 aliphatic rings. The Bertz CT molecular complexity index is 1010. The Balaban J connectivity index is 1.58. The van der Waals surface area contributed by atoms with Gasteiger partial charge in [0.1, 0.15) is 11.7 Å². The molecule has 2 aliphatic carbocycles. The third-order valence-electron chi connectivity index (χ3n) is 6.48. The van der Waals surface area contributed by atoms with E-state index < -0.39 is 23.6 Å². The summed E-state index contributed by atoms with van der Waals surface area (Å²) < 4.78 is 15.4. The van der Waals surface area contributed by atoms with Crippen LogP contribution in [0.1, 0.15) is 42.1 Å². The SMILES string of the molecule is NC1([C@@H]2CCN(c3ccc4c(=O)c(C(=O)O)cn([C@@H]5C[C@H]5F)c4c3)C2)CC1. The number of aromatic carboxylic acids is 1. The molecule has 1 saturated heterocycles. The monoisotopic (exact) mass is 371 g/mol. The van der Waals surface area contributed by atoms with Crippen molar-refractivity contribution < 1.29 is 14.3 Å². The summed E-state index contributed by atoms with van der Waals surface area (Å²) >= 11 is 0. The molecule has 2 saturated carbocycles. The van der Waals surface area contributed by atoms with Gasteiger partial charge in [-0.2, -0.15) is 0 Å². The van der Waals surface area contributed by atoms with E-state index in [-0.39, 0.29) is 11.1 Å². The molecule has 7 heteroatoms. The molecule has 2 aromatic rings. The van der Waals surface area contributed by atoms with Gasteiger partial charge in [0.2, 0.25) is 5.43 Å². The average molecular weight is 371 g/mol. The molecule has 27 heavy (non-hydrogen) atoms. The quantitative estimate of drug-likeness (QED) is 0.861. The molecule has 1 aliphatic heterocycles. The van der Waals surface area contributed by atoms with E-state index in [9.17, 15) is 19.1 Å². The van der Waals surface area contributed by atoms with Crippen LogP contribution in [0.2, 0.25) is 0 Å². The van der Waals surface area contributed by atoms with Crippen LogP contribution in [0, 0.1) is 5.92 Å². The Morgan fingerprint density at radius 1 is 1.33 bits per heavy atom. The Morgan fingerprint density at radius 2 is 2.07 bits per heavy atom. The van der Waals surface area contributed by atoms with Crippen LogP contribution in [0.5, 0.6) is 0 Å². The molecule has 3 N–H and O–H groups in total. The Labute approximate surface area is 155 Å². The van der Waals surface area contributed by atoms with Crippen molar-refractivity contribution in [1.29, 1.82) is 0 Å². The minimum Gasteiger partial charge on any atom is -0.477 e. The molecule has 1 aromatic carbocycles. The fourth-order valence-electron chi connectivity index (χ4n) is 4.42. The van der Waals surface area contributed by atoms with Gasteiger partial charge in [0.25, 0.3) is 0 Å². The lowest BCUT2D eigenvalue weighted by Crippen LogP contribution is -2.34. The maximum absolute atomic E-state index is 13.7. The first kappa shape index (κ1) is 16.7. The maximum atomic E-state index is 13.7. The highest BCUT2D eigenvalue weighted by molar-refractivity contribution is 5.93. The number of alkyl halides is 1. The van der Waals surface area contributed by atoms with Gasteiger partial charge < -0.3 is 20.3 Å². The maximum Gasteiger partial charge on any atom is 0.341 e. The molecular formula is C20H22FN3O3. The van der Waals surface area contributed by atoms with Crippen molar-refractivity contribution in [1.82, 2.24) is 4.57 Å². The standard InChI is InChI=1S/C20H22FN3O3/c21-15-8-17(15)24-10-14(19(26)27)18(25)13-2-1-12(7-16(13)24)23-6-3-11(9-23)20(22)4-5-20/h1-2,7,10-11,15,17H,3-6,8-9,22H2,(H,26,27)/t11-,15-,17-/m1/s1. The highest BCUT2D eigenvalue weighted by Crippen LogP contribution is 2.45. The minimum atomic E-state index is -1.28. The summed E-state index contributed by atoms with van der Waals surface area (Å²) in [6.45, 7) is 1.79. The van der Waals surface area contributed by atoms with E-state index in [0.717, 1.165) is 38.0 Å². The number of hydrogen-bond acceptors (Lipinski definition) is 4. The minimum absolute atomic E-state index is 0.0143. The molecule has 5 rings (SSSR count). The fourth-order valence-corrected chi connectivity index (χ4v) is 4.42. The number of benzene rings is 1. The van der Waals surface area contributed by atoms with Gasteiger partial charge >= 0.3 is 5.97 Å². The number of hydrogen-bond donors (Lipinski definition) is 2. The van der Waals surface area contributed by atoms with E-state index in [4.69, 9.17) is 5.73 Å². The summed E-state index contributed by atoms with van der Waals surface area (Å²) in [5, 5.41) is 9.65. The van der Waals surface area contributed by atoms with Crippen LogP contribution >= 0.6 is 0 Å². The summed E-state index contributed by atoms with van der Waals surface area (Å²) in [4.78, 5) is 26.2. The van der Waals surface area contributed by atoms with Crippen LogP contribution < -0.4 is 16.1 Å². The normalized spacial score (nSPS) is 28.5. The van der Waals surface area contributed by atoms with Crippen molar-refractivity contribution in [2.24, 2.45) is 11.7 Å². The number of halogens is 1. The van der Waals surface area contributed by atoms with Crippen LogP contribution in [0.3, 0.4) is 0 Å². The molecule has 142 valence electrons. The fraction of sp³-hybridized carbons (Fsp3) is 0.500. The van der Waals surface area contributed by atoms with Crippen LogP contribution in [-0.4, -0.2) is 40.4 Å². The van der Waals surface area contributed by atoms with Gasteiger partial charge in [-0.3, -0.25) is 4.79 Å². The van der Waals surface area contributed by atoms with Gasteiger partial charge in [0.15, 0.2) is 0 Å². The number of nitrogens with zero attached hydrogens (tertiary/aromatic N) is 2. The number of anilines is 1. The van der Waals surface area contributed by atoms with E-state index in [2.05, 4.69) is 4.90 Å². The lowest BCUT2D eigenvalue weighted by atomic mass is 9.97. The molecule has 6 nitrogen and oxygen atoms in total. The molecule has 0 unspecified atom stereocenters. The molecule has 1 aromatic heterocycles. The molecule has 0 amide bonds. The number of carbonyl (C=O) groups is 1. The number of carboxylic acid groups (broad SMARTS) is 1. The summed E-state index contributed by atoms with van der Waals surface area (Å²) in [5.74, 6) is -0.806. The molecule has 0 bridgehead atoms. The number of aromatic nitrogens is 1. The van der Waals surface area contributed by atoms with Crippen molar-refractivity contribution in [3.8, 4) is 0 Å². The summed E-state index contributed by atoms with van der Waals surface area (Å²) in [5.41, 5.74) is 7.10. The molecule has 2 heterocycles. The predicted molar refractivity (Wildman–Crippen MR) is 100 cm³/mol. The second kappa shape index (κ2) is 5.55. The number of rotatable bonds is 4. The van der Waals surface area contributed by atoms with E-state index in [0.29, 0.717) is 23.2 Å². The lowest BCUT2D eigenvalue weighted by Gasteiger charge is -2.22. The highest BCUT2D eigenvalue weighted by Gasteiger charge is 2.48. The van der Waals surface area contributed by atoms with Crippen molar-refractivity contribution in [2.45, 2.75) is 43.4 Å². The van der Waals surface area contributed by atoms with E-state index in [1.807, 2.05) is 12.1 Å². The zero-order chi connectivity index (χ0) is 18.9. The first-order valence-electron chi connectivity index (χ1n) is 9.47. The second-order valence-corrected chi connectivity index (χ2v) is 8.27. The molecular weight excluding hydrogens is 349 g/mol. The number of nitrogens with two attached hydrogens (primary N) is 1. The highest BCUT2D eigenvalue weighted by atomic mass is 19.1. The number of fused-ring (bicyclic) bond motifs is 1. The van der Waals surface area contributed by atoms with Crippen LogP contribution in [-0.2, 0) is 0 Å². The third-order valence-corrected chi connectivity index (χ3v) is 6.48. The average Bonchev–Trinajstić information content (AvgIpc) is 3.50. The van der Waals surface area contributed by atoms with Crippen molar-refractivity contribution >= 4 is 22.6 Å². The Hall–Kier alpha value is -2.41. The van der Waals surface area contributed by atoms with Crippen molar-refractivity contribution in [3.05, 3.63) is 40.2 Å². The molecule has 3 fully saturated rings. The smallest absolute Gasteiger partial charge is 0.341 e. The summed E-state index contributed by atoms with van der Waals surface area (Å²) in [7, 11) is 0. The van der Waals surface area contributed by atoms with Crippen LogP contribution in [0.25, 0.3) is 10.9 Å². The summed E-state index contributed by atoms with van der Waals surface area (Å²) in [6.07, 6.45) is 3.87. The first-order valence-corrected chi connectivity index (χ1v) is 9.47. The van der Waals surface area contributed by atoms with Crippen LogP contribution in [0.15, 0.2) is 29.2 Å². The second-order valence-electron chi connectivity index (χ2n) is 8.27. The van der Waals surface area contributed by atoms with Gasteiger partial charge in [0, 0.05) is 42.3 Å². The van der Waals surface area contributed by atoms with Gasteiger partial charge in [0.05, 0.1) is 11.6 Å². The molecule has 0 spiro atoms. The topological polar surface area (TPSA) is 88.6 Å². The number of pyridine rings is 1. The van der Waals surface area contributed by atoms with E-state index >= 15 is 0 Å². The molecule has 3 atom stereocenters.